The summed E-state index contributed by atoms with van der Waals surface area (Å²) in [6.45, 7) is 3.29. The number of rotatable bonds is 6. The molecule has 0 amide bonds. The number of nitrogens with zero attached hydrogens (tertiary/aromatic N) is 3. The van der Waals surface area contributed by atoms with Gasteiger partial charge in [0.15, 0.2) is 5.82 Å². The maximum atomic E-state index is 13.1. The second-order valence-corrected chi connectivity index (χ2v) is 9.59. The van der Waals surface area contributed by atoms with Crippen molar-refractivity contribution in [2.24, 2.45) is 0 Å². The summed E-state index contributed by atoms with van der Waals surface area (Å²) in [7, 11) is -2.06. The number of hydrogen-bond donors (Lipinski definition) is 1. The molecular weight excluding hydrogens is 452 g/mol. The number of hydrogen-bond acceptors (Lipinski definition) is 7. The SMILES string of the molecule is COc1ccc(Nc2ccc(-c3ccc(C)c(S(=O)(=O)N4CCOCC4)c3)nn2)cc1Cl. The summed E-state index contributed by atoms with van der Waals surface area (Å²) in [5, 5.41) is 12.1. The number of sulfonamides is 1. The molecule has 1 fully saturated rings. The molecule has 1 aliphatic rings. The second kappa shape index (κ2) is 9.41. The monoisotopic (exact) mass is 474 g/mol. The summed E-state index contributed by atoms with van der Waals surface area (Å²) in [5.41, 5.74) is 2.67. The third kappa shape index (κ3) is 4.71. The molecule has 0 aliphatic carbocycles. The van der Waals surface area contributed by atoms with Gasteiger partial charge in [0.05, 0.1) is 35.9 Å². The number of ether oxygens (including phenoxy) is 2. The molecule has 4 rings (SSSR count). The first kappa shape index (κ1) is 22.5. The third-order valence-electron chi connectivity index (χ3n) is 5.16. The summed E-state index contributed by atoms with van der Waals surface area (Å²) < 4.78 is 38.2. The molecule has 0 bridgehead atoms. The Morgan fingerprint density at radius 3 is 2.50 bits per heavy atom. The minimum absolute atomic E-state index is 0.272. The number of aromatic nitrogens is 2. The zero-order chi connectivity index (χ0) is 22.7. The van der Waals surface area contributed by atoms with Gasteiger partial charge in [-0.25, -0.2) is 8.42 Å². The molecule has 2 heterocycles. The number of anilines is 2. The van der Waals surface area contributed by atoms with Crippen molar-refractivity contribution in [3.8, 4) is 17.0 Å². The van der Waals surface area contributed by atoms with Crippen molar-refractivity contribution in [3.63, 3.8) is 0 Å². The molecular formula is C22H23ClN4O4S. The average molecular weight is 475 g/mol. The minimum atomic E-state index is -3.61. The Morgan fingerprint density at radius 2 is 1.84 bits per heavy atom. The van der Waals surface area contributed by atoms with Crippen LogP contribution in [0.5, 0.6) is 5.75 Å². The molecule has 0 spiro atoms. The van der Waals surface area contributed by atoms with Crippen LogP contribution in [0.25, 0.3) is 11.3 Å². The third-order valence-corrected chi connectivity index (χ3v) is 7.50. The quantitative estimate of drug-likeness (QED) is 0.579. The van der Waals surface area contributed by atoms with E-state index in [-0.39, 0.29) is 4.90 Å². The molecule has 1 saturated heterocycles. The molecule has 0 radical (unpaired) electrons. The standard InChI is InChI=1S/C22H23ClN4O4S/c1-15-3-4-16(13-21(15)32(28,29)27-9-11-31-12-10-27)19-6-8-22(26-25-19)24-17-5-7-20(30-2)18(23)14-17/h3-8,13-14H,9-12H2,1-2H3,(H,24,26). The molecule has 32 heavy (non-hydrogen) atoms. The topological polar surface area (TPSA) is 93.7 Å². The van der Waals surface area contributed by atoms with Crippen LogP contribution in [0.15, 0.2) is 53.4 Å². The van der Waals surface area contributed by atoms with E-state index in [1.165, 1.54) is 4.31 Å². The number of aryl methyl sites for hydroxylation is 1. The van der Waals surface area contributed by atoms with Crippen LogP contribution in [-0.4, -0.2) is 56.3 Å². The smallest absolute Gasteiger partial charge is 0.243 e. The van der Waals surface area contributed by atoms with Crippen LogP contribution < -0.4 is 10.1 Å². The molecule has 8 nitrogen and oxygen atoms in total. The van der Waals surface area contributed by atoms with Crippen molar-refractivity contribution in [2.45, 2.75) is 11.8 Å². The number of benzene rings is 2. The van der Waals surface area contributed by atoms with Crippen LogP contribution in [0.4, 0.5) is 11.5 Å². The van der Waals surface area contributed by atoms with Crippen LogP contribution in [0, 0.1) is 6.92 Å². The Labute approximate surface area is 192 Å². The number of nitrogens with one attached hydrogen (secondary N) is 1. The van der Waals surface area contributed by atoms with Gasteiger partial charge in [0, 0.05) is 24.3 Å². The van der Waals surface area contributed by atoms with Gasteiger partial charge in [-0.15, -0.1) is 10.2 Å². The zero-order valence-corrected chi connectivity index (χ0v) is 19.3. The van der Waals surface area contributed by atoms with Gasteiger partial charge >= 0.3 is 0 Å². The predicted octanol–water partition coefficient (Wildman–Crippen LogP) is 3.88. The lowest BCUT2D eigenvalue weighted by Crippen LogP contribution is -2.40. The maximum Gasteiger partial charge on any atom is 0.243 e. The Morgan fingerprint density at radius 1 is 1.06 bits per heavy atom. The van der Waals surface area contributed by atoms with Crippen molar-refractivity contribution in [3.05, 3.63) is 59.1 Å². The molecule has 0 atom stereocenters. The second-order valence-electron chi connectivity index (χ2n) is 7.27. The van der Waals surface area contributed by atoms with Crippen LogP contribution in [0.3, 0.4) is 0 Å². The lowest BCUT2D eigenvalue weighted by Gasteiger charge is -2.26. The maximum absolute atomic E-state index is 13.1. The Kier molecular flexibility index (Phi) is 6.61. The van der Waals surface area contributed by atoms with Gasteiger partial charge in [0.25, 0.3) is 0 Å². The van der Waals surface area contributed by atoms with Crippen molar-refractivity contribution >= 4 is 33.1 Å². The first-order valence-corrected chi connectivity index (χ1v) is 11.8. The Bertz CT molecular complexity index is 1210. The van der Waals surface area contributed by atoms with Gasteiger partial charge in [-0.3, -0.25) is 0 Å². The predicted molar refractivity (Wildman–Crippen MR) is 123 cm³/mol. The van der Waals surface area contributed by atoms with Crippen LogP contribution in [0.1, 0.15) is 5.56 Å². The Balaban J connectivity index is 1.56. The van der Waals surface area contributed by atoms with Crippen molar-refractivity contribution in [1.82, 2.24) is 14.5 Å². The molecule has 0 saturated carbocycles. The van der Waals surface area contributed by atoms with Crippen LogP contribution in [-0.2, 0) is 14.8 Å². The molecule has 168 valence electrons. The highest BCUT2D eigenvalue weighted by Gasteiger charge is 2.28. The van der Waals surface area contributed by atoms with Gasteiger partial charge in [-0.05, 0) is 48.9 Å². The van der Waals surface area contributed by atoms with Crippen LogP contribution in [0.2, 0.25) is 5.02 Å². The fourth-order valence-electron chi connectivity index (χ4n) is 3.41. The summed E-state index contributed by atoms with van der Waals surface area (Å²) in [5.74, 6) is 1.11. The lowest BCUT2D eigenvalue weighted by atomic mass is 10.1. The Hall–Kier alpha value is -2.72. The van der Waals surface area contributed by atoms with E-state index in [0.717, 1.165) is 5.69 Å². The van der Waals surface area contributed by atoms with E-state index in [9.17, 15) is 8.42 Å². The van der Waals surface area contributed by atoms with E-state index >= 15 is 0 Å². The van der Waals surface area contributed by atoms with Gasteiger partial charge < -0.3 is 14.8 Å². The summed E-state index contributed by atoms with van der Waals surface area (Å²) in [4.78, 5) is 0.272. The van der Waals surface area contributed by atoms with E-state index in [4.69, 9.17) is 21.1 Å². The summed E-state index contributed by atoms with van der Waals surface area (Å²) >= 11 is 6.16. The van der Waals surface area contributed by atoms with Crippen LogP contribution >= 0.6 is 11.6 Å². The van der Waals surface area contributed by atoms with Gasteiger partial charge in [-0.1, -0.05) is 23.7 Å². The molecule has 2 aromatic carbocycles. The van der Waals surface area contributed by atoms with E-state index in [2.05, 4.69) is 15.5 Å². The zero-order valence-electron chi connectivity index (χ0n) is 17.7. The van der Waals surface area contributed by atoms with Gasteiger partial charge in [0.1, 0.15) is 5.75 Å². The first-order chi connectivity index (χ1) is 15.4. The lowest BCUT2D eigenvalue weighted by molar-refractivity contribution is 0.0730. The molecule has 10 heteroatoms. The molecule has 3 aromatic rings. The first-order valence-electron chi connectivity index (χ1n) is 10.0. The summed E-state index contributed by atoms with van der Waals surface area (Å²) in [6, 6.07) is 14.2. The number of halogens is 1. The highest BCUT2D eigenvalue weighted by atomic mass is 35.5. The average Bonchev–Trinajstić information content (AvgIpc) is 2.80. The molecule has 1 N–H and O–H groups in total. The number of methoxy groups -OCH3 is 1. The van der Waals surface area contributed by atoms with Crippen molar-refractivity contribution in [1.29, 1.82) is 0 Å². The fraction of sp³-hybridized carbons (Fsp3) is 0.273. The van der Waals surface area contributed by atoms with Gasteiger partial charge in [0.2, 0.25) is 10.0 Å². The molecule has 1 aromatic heterocycles. The normalized spacial score (nSPS) is 14.8. The summed E-state index contributed by atoms with van der Waals surface area (Å²) in [6.07, 6.45) is 0. The minimum Gasteiger partial charge on any atom is -0.495 e. The van der Waals surface area contributed by atoms with Crippen molar-refractivity contribution in [2.75, 3.05) is 38.7 Å². The van der Waals surface area contributed by atoms with E-state index in [1.54, 1.807) is 50.4 Å². The highest BCUT2D eigenvalue weighted by molar-refractivity contribution is 7.89. The number of morpholine rings is 1. The van der Waals surface area contributed by atoms with Gasteiger partial charge in [-0.2, -0.15) is 4.31 Å². The fourth-order valence-corrected chi connectivity index (χ4v) is 5.32. The largest absolute Gasteiger partial charge is 0.495 e. The molecule has 1 aliphatic heterocycles. The van der Waals surface area contributed by atoms with Crippen molar-refractivity contribution < 1.29 is 17.9 Å². The van der Waals surface area contributed by atoms with E-state index in [1.807, 2.05) is 12.1 Å². The van der Waals surface area contributed by atoms with E-state index in [0.29, 0.717) is 59.7 Å². The molecule has 0 unspecified atom stereocenters. The highest BCUT2D eigenvalue weighted by Crippen LogP contribution is 2.29. The van der Waals surface area contributed by atoms with E-state index < -0.39 is 10.0 Å².